The molecule has 1 unspecified atom stereocenters. The molecule has 2 rings (SSSR count). The molecule has 1 aromatic rings. The van der Waals surface area contributed by atoms with Crippen LogP contribution in [-0.2, 0) is 14.3 Å². The molecule has 1 aromatic carbocycles. The average Bonchev–Trinajstić information content (AvgIpc) is 2.50. The van der Waals surface area contributed by atoms with Crippen molar-refractivity contribution in [2.45, 2.75) is 36.8 Å². The van der Waals surface area contributed by atoms with Crippen LogP contribution in [-0.4, -0.2) is 61.4 Å². The molecule has 8 heteroatoms. The molecule has 0 heterocycles. The molecular formula is C16H18O8. The fraction of sp³-hybridized carbons (Fsp3) is 0.375. The second-order valence-electron chi connectivity index (χ2n) is 5.71. The van der Waals surface area contributed by atoms with E-state index >= 15 is 0 Å². The van der Waals surface area contributed by atoms with E-state index in [0.717, 1.165) is 6.08 Å². The molecule has 1 fully saturated rings. The Hall–Kier alpha value is -2.42. The summed E-state index contributed by atoms with van der Waals surface area (Å²) in [5, 5.41) is 47.7. The van der Waals surface area contributed by atoms with E-state index in [2.05, 4.69) is 0 Å². The Morgan fingerprint density at radius 2 is 1.67 bits per heavy atom. The van der Waals surface area contributed by atoms with Gasteiger partial charge in [-0.05, 0) is 23.8 Å². The van der Waals surface area contributed by atoms with Crippen LogP contribution in [0, 0.1) is 0 Å². The fourth-order valence-corrected chi connectivity index (χ4v) is 2.52. The van der Waals surface area contributed by atoms with Crippen molar-refractivity contribution in [3.8, 4) is 5.75 Å². The maximum Gasteiger partial charge on any atom is 0.335 e. The Morgan fingerprint density at radius 1 is 1.12 bits per heavy atom. The summed E-state index contributed by atoms with van der Waals surface area (Å²) >= 11 is 0. The molecule has 1 aliphatic carbocycles. The predicted octanol–water partition coefficient (Wildman–Crippen LogP) is -0.352. The van der Waals surface area contributed by atoms with Crippen LogP contribution in [0.2, 0.25) is 0 Å². The lowest BCUT2D eigenvalue weighted by atomic mass is 9.79. The molecular weight excluding hydrogens is 320 g/mol. The summed E-state index contributed by atoms with van der Waals surface area (Å²) in [7, 11) is 0. The zero-order valence-corrected chi connectivity index (χ0v) is 12.6. The number of benzene rings is 1. The first kappa shape index (κ1) is 17.9. The van der Waals surface area contributed by atoms with E-state index in [1.165, 1.54) is 18.2 Å². The topological polar surface area (TPSA) is 145 Å². The van der Waals surface area contributed by atoms with Crippen LogP contribution in [0.15, 0.2) is 30.3 Å². The van der Waals surface area contributed by atoms with Crippen molar-refractivity contribution in [3.05, 3.63) is 35.9 Å². The predicted molar refractivity (Wildman–Crippen MR) is 80.9 cm³/mol. The van der Waals surface area contributed by atoms with E-state index in [4.69, 9.17) is 14.9 Å². The molecule has 0 saturated heterocycles. The van der Waals surface area contributed by atoms with E-state index < -0.39 is 48.7 Å². The second kappa shape index (κ2) is 7.00. The Morgan fingerprint density at radius 3 is 2.17 bits per heavy atom. The number of carboxylic acid groups (broad SMARTS) is 1. The number of aromatic hydroxyl groups is 1. The summed E-state index contributed by atoms with van der Waals surface area (Å²) in [6, 6.07) is 6.01. The largest absolute Gasteiger partial charge is 0.508 e. The minimum absolute atomic E-state index is 0.0779. The summed E-state index contributed by atoms with van der Waals surface area (Å²) < 4.78 is 4.96. The van der Waals surface area contributed by atoms with Crippen molar-refractivity contribution in [1.29, 1.82) is 0 Å². The van der Waals surface area contributed by atoms with Crippen LogP contribution < -0.4 is 0 Å². The molecule has 24 heavy (non-hydrogen) atoms. The van der Waals surface area contributed by atoms with Gasteiger partial charge >= 0.3 is 11.9 Å². The molecule has 8 nitrogen and oxygen atoms in total. The van der Waals surface area contributed by atoms with Crippen molar-refractivity contribution in [1.82, 2.24) is 0 Å². The maximum atomic E-state index is 11.8. The molecule has 0 aromatic heterocycles. The molecule has 0 aliphatic heterocycles. The number of aliphatic carboxylic acids is 1. The number of rotatable bonds is 4. The van der Waals surface area contributed by atoms with Crippen LogP contribution in [0.3, 0.4) is 0 Å². The van der Waals surface area contributed by atoms with Crippen molar-refractivity contribution < 1.29 is 39.9 Å². The van der Waals surface area contributed by atoms with Gasteiger partial charge in [0.2, 0.25) is 0 Å². The molecule has 4 atom stereocenters. The minimum atomic E-state index is -2.26. The standard InChI is InChI=1S/C16H18O8/c17-10-4-1-9(2-5-10)3-6-13(20)24-14-11(18)7-16(23,15(21)22)8-12(14)19/h1-6,11-12,14,17-19,23H,7-8H2,(H,21,22)/b6-3+/t11-,12?,14+,16-/m0/s1. The number of carbonyl (C=O) groups is 2. The molecule has 130 valence electrons. The van der Waals surface area contributed by atoms with Gasteiger partial charge < -0.3 is 30.3 Å². The Kier molecular flexibility index (Phi) is 5.23. The average molecular weight is 338 g/mol. The van der Waals surface area contributed by atoms with Gasteiger partial charge in [0, 0.05) is 18.9 Å². The molecule has 1 saturated carbocycles. The van der Waals surface area contributed by atoms with Gasteiger partial charge in [-0.2, -0.15) is 0 Å². The number of carbonyl (C=O) groups excluding carboxylic acids is 1. The molecule has 1 aliphatic rings. The third-order valence-electron chi connectivity index (χ3n) is 3.81. The molecule has 0 amide bonds. The van der Waals surface area contributed by atoms with Crippen LogP contribution in [0.4, 0.5) is 0 Å². The van der Waals surface area contributed by atoms with E-state index in [1.54, 1.807) is 12.1 Å². The lowest BCUT2D eigenvalue weighted by Gasteiger charge is -2.39. The normalized spacial score (nSPS) is 30.2. The zero-order chi connectivity index (χ0) is 17.9. The first-order chi connectivity index (χ1) is 11.2. The fourth-order valence-electron chi connectivity index (χ4n) is 2.52. The van der Waals surface area contributed by atoms with Crippen LogP contribution >= 0.6 is 0 Å². The molecule has 5 N–H and O–H groups in total. The summed E-state index contributed by atoms with van der Waals surface area (Å²) in [6.07, 6.45) is -2.98. The highest BCUT2D eigenvalue weighted by molar-refractivity contribution is 5.87. The number of carboxylic acids is 1. The highest BCUT2D eigenvalue weighted by atomic mass is 16.6. The number of aliphatic hydroxyl groups is 3. The lowest BCUT2D eigenvalue weighted by molar-refractivity contribution is -0.196. The van der Waals surface area contributed by atoms with Crippen molar-refractivity contribution >= 4 is 18.0 Å². The number of hydrogen-bond acceptors (Lipinski definition) is 7. The van der Waals surface area contributed by atoms with Crippen molar-refractivity contribution in [2.24, 2.45) is 0 Å². The number of phenols is 1. The Bertz CT molecular complexity index is 624. The van der Waals surface area contributed by atoms with Gasteiger partial charge in [0.1, 0.15) is 5.75 Å². The first-order valence-electron chi connectivity index (χ1n) is 7.21. The van der Waals surface area contributed by atoms with E-state index in [0.29, 0.717) is 5.56 Å². The lowest BCUT2D eigenvalue weighted by Crippen LogP contribution is -2.57. The number of phenolic OH excluding ortho intramolecular Hbond substituents is 1. The maximum absolute atomic E-state index is 11.8. The van der Waals surface area contributed by atoms with Crippen molar-refractivity contribution in [3.63, 3.8) is 0 Å². The van der Waals surface area contributed by atoms with E-state index in [1.807, 2.05) is 0 Å². The summed E-state index contributed by atoms with van der Waals surface area (Å²) in [5.41, 5.74) is -1.64. The Labute approximate surface area is 137 Å². The van der Waals surface area contributed by atoms with Crippen LogP contribution in [0.25, 0.3) is 6.08 Å². The number of esters is 1. The third kappa shape index (κ3) is 4.10. The first-order valence-corrected chi connectivity index (χ1v) is 7.21. The van der Waals surface area contributed by atoms with Gasteiger partial charge in [0.15, 0.2) is 11.7 Å². The zero-order valence-electron chi connectivity index (χ0n) is 12.6. The third-order valence-corrected chi connectivity index (χ3v) is 3.81. The molecule has 0 bridgehead atoms. The summed E-state index contributed by atoms with van der Waals surface area (Å²) in [5.74, 6) is -2.32. The minimum Gasteiger partial charge on any atom is -0.508 e. The van der Waals surface area contributed by atoms with Gasteiger partial charge in [0.05, 0.1) is 12.2 Å². The van der Waals surface area contributed by atoms with Gasteiger partial charge in [-0.25, -0.2) is 9.59 Å². The van der Waals surface area contributed by atoms with E-state index in [-0.39, 0.29) is 5.75 Å². The van der Waals surface area contributed by atoms with Crippen molar-refractivity contribution in [2.75, 3.05) is 0 Å². The smallest absolute Gasteiger partial charge is 0.335 e. The summed E-state index contributed by atoms with van der Waals surface area (Å²) in [4.78, 5) is 22.7. The number of ether oxygens (including phenoxy) is 1. The summed E-state index contributed by atoms with van der Waals surface area (Å²) in [6.45, 7) is 0. The number of hydrogen-bond donors (Lipinski definition) is 5. The highest BCUT2D eigenvalue weighted by Gasteiger charge is 2.50. The van der Waals surface area contributed by atoms with Crippen LogP contribution in [0.5, 0.6) is 5.75 Å². The SMILES string of the molecule is O=C(/C=C/c1ccc(O)cc1)O[C@H]1C(O)C[C@](O)(C(=O)O)C[C@@H]1O. The van der Waals surface area contributed by atoms with Gasteiger partial charge in [-0.15, -0.1) is 0 Å². The number of aliphatic hydroxyl groups excluding tert-OH is 2. The quantitative estimate of drug-likeness (QED) is 0.370. The molecule has 0 spiro atoms. The highest BCUT2D eigenvalue weighted by Crippen LogP contribution is 2.31. The monoisotopic (exact) mass is 338 g/mol. The van der Waals surface area contributed by atoms with E-state index in [9.17, 15) is 24.9 Å². The van der Waals surface area contributed by atoms with Gasteiger partial charge in [-0.1, -0.05) is 12.1 Å². The van der Waals surface area contributed by atoms with Gasteiger partial charge in [0.25, 0.3) is 0 Å². The Balaban J connectivity index is 1.98. The second-order valence-corrected chi connectivity index (χ2v) is 5.71. The van der Waals surface area contributed by atoms with Gasteiger partial charge in [-0.3, -0.25) is 0 Å². The van der Waals surface area contributed by atoms with Crippen LogP contribution in [0.1, 0.15) is 18.4 Å². The molecule has 0 radical (unpaired) electrons.